The molecular weight excluding hydrogens is 320 g/mol. The molecule has 0 fully saturated rings. The quantitative estimate of drug-likeness (QED) is 0.664. The van der Waals surface area contributed by atoms with Crippen LogP contribution in [0.1, 0.15) is 12.7 Å². The van der Waals surface area contributed by atoms with E-state index in [1.807, 2.05) is 30.3 Å². The minimum atomic E-state index is -0.445. The van der Waals surface area contributed by atoms with Crippen LogP contribution in [0.15, 0.2) is 57.7 Å². The second kappa shape index (κ2) is 7.21. The van der Waals surface area contributed by atoms with Crippen molar-refractivity contribution in [3.05, 3.63) is 64.5 Å². The van der Waals surface area contributed by atoms with Gasteiger partial charge in [-0.05, 0) is 31.5 Å². The molecule has 0 atom stereocenters. The molecule has 5 heteroatoms. The van der Waals surface area contributed by atoms with Crippen LogP contribution >= 0.6 is 0 Å². The average molecular weight is 338 g/mol. The third kappa shape index (κ3) is 3.55. The van der Waals surface area contributed by atoms with Crippen molar-refractivity contribution in [2.75, 3.05) is 13.2 Å². The molecule has 25 heavy (non-hydrogen) atoms. The van der Waals surface area contributed by atoms with Crippen molar-refractivity contribution in [2.24, 2.45) is 0 Å². The highest BCUT2D eigenvalue weighted by Crippen LogP contribution is 2.26. The minimum absolute atomic E-state index is 0.0955. The van der Waals surface area contributed by atoms with Crippen molar-refractivity contribution in [1.29, 1.82) is 0 Å². The molecule has 1 heterocycles. The molecule has 0 saturated carbocycles. The van der Waals surface area contributed by atoms with Gasteiger partial charge in [-0.25, -0.2) is 4.79 Å². The molecule has 0 aliphatic carbocycles. The van der Waals surface area contributed by atoms with E-state index in [0.717, 1.165) is 5.56 Å². The van der Waals surface area contributed by atoms with Crippen LogP contribution in [-0.4, -0.2) is 19.2 Å². The summed E-state index contributed by atoms with van der Waals surface area (Å²) in [5, 5.41) is 0.466. The third-order valence-corrected chi connectivity index (χ3v) is 3.76. The van der Waals surface area contributed by atoms with Crippen LogP contribution in [0.25, 0.3) is 22.1 Å². The zero-order valence-electron chi connectivity index (χ0n) is 14.1. The number of fused-ring (bicyclic) bond motifs is 1. The number of aryl methyl sites for hydroxylation is 1. The summed E-state index contributed by atoms with van der Waals surface area (Å²) in [4.78, 5) is 24.2. The standard InChI is InChI=1S/C20H18O5/c1-3-23-18(21)12-24-15-9-10-16-17(11-15)25-13(2)19(20(16)22)14-7-5-4-6-8-14/h4-11H,3,12H2,1-2H3. The SMILES string of the molecule is CCOC(=O)COc1ccc2c(=O)c(-c3ccccc3)c(C)oc2c1. The molecule has 0 unspecified atom stereocenters. The van der Waals surface area contributed by atoms with Crippen LogP contribution in [0, 0.1) is 6.92 Å². The zero-order chi connectivity index (χ0) is 17.8. The van der Waals surface area contributed by atoms with E-state index >= 15 is 0 Å². The second-order valence-electron chi connectivity index (χ2n) is 5.48. The van der Waals surface area contributed by atoms with E-state index in [4.69, 9.17) is 13.9 Å². The van der Waals surface area contributed by atoms with Gasteiger partial charge in [-0.1, -0.05) is 30.3 Å². The lowest BCUT2D eigenvalue weighted by Gasteiger charge is -2.09. The number of carbonyl (C=O) groups excluding carboxylic acids is 1. The maximum atomic E-state index is 12.8. The molecule has 0 amide bonds. The van der Waals surface area contributed by atoms with Gasteiger partial charge >= 0.3 is 5.97 Å². The fraction of sp³-hybridized carbons (Fsp3) is 0.200. The van der Waals surface area contributed by atoms with Crippen LogP contribution in [0.3, 0.4) is 0 Å². The predicted molar refractivity (Wildman–Crippen MR) is 94.8 cm³/mol. The summed E-state index contributed by atoms with van der Waals surface area (Å²) in [7, 11) is 0. The van der Waals surface area contributed by atoms with E-state index in [9.17, 15) is 9.59 Å². The van der Waals surface area contributed by atoms with Crippen molar-refractivity contribution in [3.63, 3.8) is 0 Å². The Morgan fingerprint density at radius 1 is 1.12 bits per heavy atom. The summed E-state index contributed by atoms with van der Waals surface area (Å²) in [5.74, 6) is 0.529. The van der Waals surface area contributed by atoms with Gasteiger partial charge in [-0.3, -0.25) is 4.79 Å². The largest absolute Gasteiger partial charge is 0.482 e. The first-order valence-electron chi connectivity index (χ1n) is 8.01. The molecule has 0 spiro atoms. The average Bonchev–Trinajstić information content (AvgIpc) is 2.61. The topological polar surface area (TPSA) is 65.7 Å². The highest BCUT2D eigenvalue weighted by Gasteiger charge is 2.14. The maximum Gasteiger partial charge on any atom is 0.344 e. The zero-order valence-corrected chi connectivity index (χ0v) is 14.1. The van der Waals surface area contributed by atoms with E-state index in [2.05, 4.69) is 0 Å². The summed E-state index contributed by atoms with van der Waals surface area (Å²) >= 11 is 0. The van der Waals surface area contributed by atoms with Gasteiger partial charge in [-0.2, -0.15) is 0 Å². The van der Waals surface area contributed by atoms with E-state index in [1.54, 1.807) is 32.0 Å². The first-order chi connectivity index (χ1) is 12.1. The second-order valence-corrected chi connectivity index (χ2v) is 5.48. The molecule has 0 saturated heterocycles. The van der Waals surface area contributed by atoms with Gasteiger partial charge in [0.2, 0.25) is 5.43 Å². The summed E-state index contributed by atoms with van der Waals surface area (Å²) in [5.41, 5.74) is 1.69. The van der Waals surface area contributed by atoms with E-state index < -0.39 is 5.97 Å². The Morgan fingerprint density at radius 2 is 1.88 bits per heavy atom. The molecule has 0 bridgehead atoms. The number of carbonyl (C=O) groups is 1. The fourth-order valence-electron chi connectivity index (χ4n) is 2.66. The van der Waals surface area contributed by atoms with Gasteiger partial charge < -0.3 is 13.9 Å². The van der Waals surface area contributed by atoms with Gasteiger partial charge in [0.15, 0.2) is 6.61 Å². The lowest BCUT2D eigenvalue weighted by molar-refractivity contribution is -0.145. The maximum absolute atomic E-state index is 12.8. The number of rotatable bonds is 5. The van der Waals surface area contributed by atoms with Crippen LogP contribution < -0.4 is 10.2 Å². The van der Waals surface area contributed by atoms with Crippen molar-refractivity contribution in [1.82, 2.24) is 0 Å². The highest BCUT2D eigenvalue weighted by molar-refractivity contribution is 5.83. The molecule has 0 aliphatic heterocycles. The van der Waals surface area contributed by atoms with Gasteiger partial charge in [0.25, 0.3) is 0 Å². The monoisotopic (exact) mass is 338 g/mol. The van der Waals surface area contributed by atoms with Crippen molar-refractivity contribution < 1.29 is 18.7 Å². The molecule has 5 nitrogen and oxygen atoms in total. The Balaban J connectivity index is 1.97. The number of benzene rings is 2. The Labute approximate surface area is 144 Å². The first kappa shape index (κ1) is 16.8. The van der Waals surface area contributed by atoms with E-state index in [-0.39, 0.29) is 12.0 Å². The van der Waals surface area contributed by atoms with Gasteiger partial charge in [-0.15, -0.1) is 0 Å². The number of hydrogen-bond acceptors (Lipinski definition) is 5. The molecular formula is C20H18O5. The van der Waals surface area contributed by atoms with E-state index in [1.165, 1.54) is 0 Å². The minimum Gasteiger partial charge on any atom is -0.482 e. The molecule has 1 aromatic heterocycles. The molecule has 0 N–H and O–H groups in total. The summed E-state index contributed by atoms with van der Waals surface area (Å²) in [6.45, 7) is 3.60. The summed E-state index contributed by atoms with van der Waals surface area (Å²) < 4.78 is 16.0. The lowest BCUT2D eigenvalue weighted by atomic mass is 10.0. The molecule has 128 valence electrons. The number of hydrogen-bond donors (Lipinski definition) is 0. The smallest absolute Gasteiger partial charge is 0.344 e. The summed E-state index contributed by atoms with van der Waals surface area (Å²) in [6.07, 6.45) is 0. The van der Waals surface area contributed by atoms with Gasteiger partial charge in [0, 0.05) is 6.07 Å². The Morgan fingerprint density at radius 3 is 2.60 bits per heavy atom. The van der Waals surface area contributed by atoms with Crippen molar-refractivity contribution in [3.8, 4) is 16.9 Å². The number of esters is 1. The lowest BCUT2D eigenvalue weighted by Crippen LogP contribution is -2.14. The Hall–Kier alpha value is -3.08. The van der Waals surface area contributed by atoms with Gasteiger partial charge in [0.1, 0.15) is 17.1 Å². The van der Waals surface area contributed by atoms with Crippen LogP contribution in [0.4, 0.5) is 0 Å². The Bertz CT molecular complexity index is 957. The molecule has 2 aromatic carbocycles. The third-order valence-electron chi connectivity index (χ3n) is 3.76. The first-order valence-corrected chi connectivity index (χ1v) is 8.01. The normalized spacial score (nSPS) is 10.6. The Kier molecular flexibility index (Phi) is 4.84. The van der Waals surface area contributed by atoms with Crippen molar-refractivity contribution >= 4 is 16.9 Å². The van der Waals surface area contributed by atoms with E-state index in [0.29, 0.717) is 34.6 Å². The molecule has 0 aliphatic rings. The molecule has 3 rings (SSSR count). The summed E-state index contributed by atoms with van der Waals surface area (Å²) in [6, 6.07) is 14.3. The van der Waals surface area contributed by atoms with Crippen LogP contribution in [0.5, 0.6) is 5.75 Å². The fourth-order valence-corrected chi connectivity index (χ4v) is 2.66. The molecule has 3 aromatic rings. The van der Waals surface area contributed by atoms with Crippen LogP contribution in [-0.2, 0) is 9.53 Å². The molecule has 0 radical (unpaired) electrons. The van der Waals surface area contributed by atoms with Gasteiger partial charge in [0.05, 0.1) is 17.6 Å². The van der Waals surface area contributed by atoms with Crippen LogP contribution in [0.2, 0.25) is 0 Å². The van der Waals surface area contributed by atoms with Crippen molar-refractivity contribution in [2.45, 2.75) is 13.8 Å². The number of ether oxygens (including phenoxy) is 2. The highest BCUT2D eigenvalue weighted by atomic mass is 16.6. The predicted octanol–water partition coefficient (Wildman–Crippen LogP) is 3.71.